The van der Waals surface area contributed by atoms with Gasteiger partial charge in [-0.05, 0) is 12.1 Å². The van der Waals surface area contributed by atoms with Gasteiger partial charge in [0.25, 0.3) is 0 Å². The van der Waals surface area contributed by atoms with Crippen LogP contribution in [-0.2, 0) is 0 Å². The van der Waals surface area contributed by atoms with Crippen molar-refractivity contribution in [1.29, 1.82) is 0 Å². The second-order valence-corrected chi connectivity index (χ2v) is 4.98. The number of hydrogen-bond donors (Lipinski definition) is 0. The molecule has 0 saturated heterocycles. The van der Waals surface area contributed by atoms with Gasteiger partial charge in [0.1, 0.15) is 15.7 Å². The van der Waals surface area contributed by atoms with E-state index in [0.29, 0.717) is 15.4 Å². The molecule has 18 heavy (non-hydrogen) atoms. The number of nitrogens with zero attached hydrogens (tertiary/aromatic N) is 1. The van der Waals surface area contributed by atoms with E-state index in [1.54, 1.807) is 12.1 Å². The molecule has 2 rings (SSSR count). The van der Waals surface area contributed by atoms with Crippen LogP contribution in [0.2, 0.25) is 0 Å². The summed E-state index contributed by atoms with van der Waals surface area (Å²) in [5.41, 5.74) is 0.631. The number of Topliss-reactive ketones (excluding diaryl/α,β-unsaturated/α-hetero) is 1. The lowest BCUT2D eigenvalue weighted by Gasteiger charge is -1.95. The van der Waals surface area contributed by atoms with Crippen LogP contribution in [0, 0.1) is 5.82 Å². The van der Waals surface area contributed by atoms with Crippen LogP contribution in [0.1, 0.15) is 9.67 Å². The van der Waals surface area contributed by atoms with Crippen LogP contribution in [0.25, 0.3) is 10.6 Å². The Hall–Kier alpha value is -1.27. The monoisotopic (exact) mass is 329 g/mol. The highest BCUT2D eigenvalue weighted by molar-refractivity contribution is 9.09. The molecule has 0 atom stereocenters. The summed E-state index contributed by atoms with van der Waals surface area (Å²) in [6.45, 7) is 0. The summed E-state index contributed by atoms with van der Waals surface area (Å²) in [7, 11) is 1.45. The number of hydrogen-bond acceptors (Lipinski definition) is 4. The Kier molecular flexibility index (Phi) is 4.08. The van der Waals surface area contributed by atoms with E-state index in [2.05, 4.69) is 20.9 Å². The quantitative estimate of drug-likeness (QED) is 0.636. The van der Waals surface area contributed by atoms with Gasteiger partial charge in [-0.1, -0.05) is 28.1 Å². The van der Waals surface area contributed by atoms with Crippen molar-refractivity contribution in [3.05, 3.63) is 35.0 Å². The third-order valence-corrected chi connectivity index (χ3v) is 3.87. The van der Waals surface area contributed by atoms with Crippen molar-refractivity contribution >= 4 is 33.0 Å². The predicted octanol–water partition coefficient (Wildman–Crippen LogP) is 3.54. The summed E-state index contributed by atoms with van der Waals surface area (Å²) in [6.07, 6.45) is 0. The number of ether oxygens (including phenoxy) is 1. The summed E-state index contributed by atoms with van der Waals surface area (Å²) < 4.78 is 18.2. The van der Waals surface area contributed by atoms with Gasteiger partial charge in [0.15, 0.2) is 5.78 Å². The second kappa shape index (κ2) is 5.58. The first kappa shape index (κ1) is 13.2. The van der Waals surface area contributed by atoms with E-state index in [1.165, 1.54) is 30.6 Å². The first-order chi connectivity index (χ1) is 8.65. The molecule has 0 N–H and O–H groups in total. The first-order valence-electron chi connectivity index (χ1n) is 5.05. The van der Waals surface area contributed by atoms with Crippen LogP contribution in [0.4, 0.5) is 4.39 Å². The zero-order chi connectivity index (χ0) is 13.1. The Morgan fingerprint density at radius 1 is 1.56 bits per heavy atom. The Morgan fingerprint density at radius 2 is 2.33 bits per heavy atom. The fourth-order valence-corrected chi connectivity index (χ4v) is 2.86. The van der Waals surface area contributed by atoms with E-state index in [1.807, 2.05) is 0 Å². The maximum Gasteiger partial charge on any atom is 0.236 e. The average Bonchev–Trinajstić information content (AvgIpc) is 2.82. The van der Waals surface area contributed by atoms with E-state index in [-0.39, 0.29) is 22.8 Å². The van der Waals surface area contributed by atoms with Gasteiger partial charge in [-0.2, -0.15) is 0 Å². The minimum absolute atomic E-state index is 0.105. The number of aromatic nitrogens is 1. The van der Waals surface area contributed by atoms with E-state index >= 15 is 0 Å². The molecule has 0 aliphatic carbocycles. The SMILES string of the molecule is COc1nc(-c2cccc(F)c2)sc1C(=O)CBr. The molecule has 0 radical (unpaired) electrons. The van der Waals surface area contributed by atoms with Crippen LogP contribution in [-0.4, -0.2) is 23.2 Å². The number of thiazole rings is 1. The summed E-state index contributed by atoms with van der Waals surface area (Å²) in [5.74, 6) is -0.161. The average molecular weight is 330 g/mol. The number of methoxy groups -OCH3 is 1. The third kappa shape index (κ3) is 2.59. The van der Waals surface area contributed by atoms with Gasteiger partial charge >= 0.3 is 0 Å². The highest BCUT2D eigenvalue weighted by Gasteiger charge is 2.18. The van der Waals surface area contributed by atoms with E-state index in [0.717, 1.165) is 0 Å². The molecule has 2 aromatic rings. The maximum atomic E-state index is 13.1. The lowest BCUT2D eigenvalue weighted by atomic mass is 10.2. The van der Waals surface area contributed by atoms with Crippen molar-refractivity contribution in [3.8, 4) is 16.5 Å². The van der Waals surface area contributed by atoms with Crippen molar-refractivity contribution < 1.29 is 13.9 Å². The molecule has 1 heterocycles. The normalized spacial score (nSPS) is 10.4. The number of halogens is 2. The molecular formula is C12H9BrFNO2S. The molecular weight excluding hydrogens is 321 g/mol. The maximum absolute atomic E-state index is 13.1. The summed E-state index contributed by atoms with van der Waals surface area (Å²) in [6, 6.07) is 6.08. The smallest absolute Gasteiger partial charge is 0.236 e. The van der Waals surface area contributed by atoms with Crippen molar-refractivity contribution in [2.45, 2.75) is 0 Å². The molecule has 0 saturated carbocycles. The van der Waals surface area contributed by atoms with Gasteiger partial charge in [0.2, 0.25) is 5.88 Å². The number of alkyl halides is 1. The van der Waals surface area contributed by atoms with E-state index in [9.17, 15) is 9.18 Å². The fourth-order valence-electron chi connectivity index (χ4n) is 1.43. The highest BCUT2D eigenvalue weighted by Crippen LogP contribution is 2.33. The largest absolute Gasteiger partial charge is 0.480 e. The van der Waals surface area contributed by atoms with Gasteiger partial charge in [-0.15, -0.1) is 11.3 Å². The van der Waals surface area contributed by atoms with Gasteiger partial charge in [-0.3, -0.25) is 4.79 Å². The molecule has 0 aliphatic heterocycles. The molecule has 0 unspecified atom stereocenters. The Bertz CT molecular complexity index is 585. The Balaban J connectivity index is 2.47. The first-order valence-corrected chi connectivity index (χ1v) is 6.99. The lowest BCUT2D eigenvalue weighted by molar-refractivity contribution is 0.102. The predicted molar refractivity (Wildman–Crippen MR) is 72.2 cm³/mol. The number of rotatable bonds is 4. The van der Waals surface area contributed by atoms with Crippen molar-refractivity contribution in [2.75, 3.05) is 12.4 Å². The summed E-state index contributed by atoms with van der Waals surface area (Å²) >= 11 is 4.30. The molecule has 0 amide bonds. The van der Waals surface area contributed by atoms with Crippen molar-refractivity contribution in [3.63, 3.8) is 0 Å². The molecule has 1 aromatic heterocycles. The summed E-state index contributed by atoms with van der Waals surface area (Å²) in [4.78, 5) is 16.3. The van der Waals surface area contributed by atoms with E-state index < -0.39 is 0 Å². The molecule has 0 bridgehead atoms. The zero-order valence-electron chi connectivity index (χ0n) is 9.44. The molecule has 0 fully saturated rings. The third-order valence-electron chi connectivity index (χ3n) is 2.24. The Morgan fingerprint density at radius 3 is 2.94 bits per heavy atom. The molecule has 94 valence electrons. The number of benzene rings is 1. The number of carbonyl (C=O) groups is 1. The molecule has 1 aromatic carbocycles. The van der Waals surface area contributed by atoms with Crippen molar-refractivity contribution in [1.82, 2.24) is 4.98 Å². The van der Waals surface area contributed by atoms with Crippen molar-refractivity contribution in [2.24, 2.45) is 0 Å². The van der Waals surface area contributed by atoms with Crippen LogP contribution < -0.4 is 4.74 Å². The topological polar surface area (TPSA) is 39.2 Å². The lowest BCUT2D eigenvalue weighted by Crippen LogP contribution is -1.99. The molecule has 3 nitrogen and oxygen atoms in total. The van der Waals surface area contributed by atoms with Gasteiger partial charge in [0.05, 0.1) is 12.4 Å². The number of ketones is 1. The highest BCUT2D eigenvalue weighted by atomic mass is 79.9. The summed E-state index contributed by atoms with van der Waals surface area (Å²) in [5, 5.41) is 0.768. The second-order valence-electron chi connectivity index (χ2n) is 3.42. The van der Waals surface area contributed by atoms with Crippen LogP contribution in [0.15, 0.2) is 24.3 Å². The van der Waals surface area contributed by atoms with Crippen LogP contribution in [0.5, 0.6) is 5.88 Å². The molecule has 0 spiro atoms. The van der Waals surface area contributed by atoms with Crippen LogP contribution >= 0.6 is 27.3 Å². The van der Waals surface area contributed by atoms with Gasteiger partial charge < -0.3 is 4.74 Å². The minimum Gasteiger partial charge on any atom is -0.480 e. The Labute approximate surface area is 116 Å². The van der Waals surface area contributed by atoms with Gasteiger partial charge in [0, 0.05) is 5.56 Å². The van der Waals surface area contributed by atoms with E-state index in [4.69, 9.17) is 4.74 Å². The zero-order valence-corrected chi connectivity index (χ0v) is 11.8. The van der Waals surface area contributed by atoms with Gasteiger partial charge in [-0.25, -0.2) is 9.37 Å². The standard InChI is InChI=1S/C12H9BrFNO2S/c1-17-11-10(9(16)6-13)18-12(15-11)7-3-2-4-8(14)5-7/h2-5H,6H2,1H3. The molecule has 6 heteroatoms. The minimum atomic E-state index is -0.338. The molecule has 0 aliphatic rings. The number of carbonyl (C=O) groups excluding carboxylic acids is 1. The van der Waals surface area contributed by atoms with Crippen LogP contribution in [0.3, 0.4) is 0 Å². The fraction of sp³-hybridized carbons (Fsp3) is 0.167.